The van der Waals surface area contributed by atoms with Crippen molar-refractivity contribution < 1.29 is 4.42 Å². The molecule has 0 aliphatic carbocycles. The van der Waals surface area contributed by atoms with Crippen LogP contribution in [0.3, 0.4) is 0 Å². The van der Waals surface area contributed by atoms with Crippen LogP contribution in [0.25, 0.3) is 82.8 Å². The van der Waals surface area contributed by atoms with Crippen LogP contribution in [0.5, 0.6) is 0 Å². The Hall–Kier alpha value is -7.62. The summed E-state index contributed by atoms with van der Waals surface area (Å²) in [4.78, 5) is 2.45. The first kappa shape index (κ1) is 36.7. The molecule has 0 radical (unpaired) electrons. The van der Waals surface area contributed by atoms with Gasteiger partial charge in [-0.25, -0.2) is 0 Å². The van der Waals surface area contributed by atoms with Gasteiger partial charge in [0.2, 0.25) is 0 Å². The average molecular weight is 773 g/mol. The molecule has 0 saturated heterocycles. The molecule has 60 heavy (non-hydrogen) atoms. The van der Waals surface area contributed by atoms with Crippen molar-refractivity contribution >= 4 is 60.8 Å². The molecular weight excluding hydrogens is 729 g/mol. The molecule has 0 bridgehead atoms. The molecule has 0 aliphatic heterocycles. The van der Waals surface area contributed by atoms with Crippen LogP contribution < -0.4 is 4.90 Å². The van der Waals surface area contributed by atoms with Gasteiger partial charge in [0, 0.05) is 38.5 Å². The Balaban J connectivity index is 0.00000140. The highest BCUT2D eigenvalue weighted by Crippen LogP contribution is 2.50. The van der Waals surface area contributed by atoms with E-state index in [1.807, 2.05) is 0 Å². The van der Waals surface area contributed by atoms with E-state index < -0.39 is 0 Å². The molecule has 0 N–H and O–H groups in total. The van der Waals surface area contributed by atoms with E-state index in [1.54, 1.807) is 0 Å². The Labute approximate surface area is 351 Å². The summed E-state index contributed by atoms with van der Waals surface area (Å²) in [5, 5.41) is 4.43. The Kier molecular flexibility index (Phi) is 9.77. The predicted octanol–water partition coefficient (Wildman–Crippen LogP) is 16.6. The molecule has 0 atom stereocenters. The maximum absolute atomic E-state index is 6.92. The fourth-order valence-corrected chi connectivity index (χ4v) is 8.56. The zero-order chi connectivity index (χ0) is 40.4. The van der Waals surface area contributed by atoms with Crippen LogP contribution in [0.4, 0.5) is 17.1 Å². The smallest absolute Gasteiger partial charge is 0.160 e. The lowest BCUT2D eigenvalue weighted by atomic mass is 9.99. The maximum atomic E-state index is 6.92. The van der Waals surface area contributed by atoms with E-state index >= 15 is 0 Å². The highest BCUT2D eigenvalue weighted by atomic mass is 16.3. The van der Waals surface area contributed by atoms with E-state index in [9.17, 15) is 0 Å². The van der Waals surface area contributed by atoms with Crippen molar-refractivity contribution in [1.82, 2.24) is 4.57 Å². The lowest BCUT2D eigenvalue weighted by molar-refractivity contribution is 0.671. The molecule has 0 unspecified atom stereocenters. The fourth-order valence-electron chi connectivity index (χ4n) is 8.56. The van der Waals surface area contributed by atoms with Gasteiger partial charge in [0.1, 0.15) is 5.58 Å². The first-order valence-corrected chi connectivity index (χ1v) is 20.8. The number of anilines is 3. The number of fused-ring (bicyclic) bond motifs is 7. The van der Waals surface area contributed by atoms with Gasteiger partial charge in [0.15, 0.2) is 5.58 Å². The summed E-state index contributed by atoms with van der Waals surface area (Å²) in [6.45, 7) is 4.25. The molecule has 0 fully saturated rings. The van der Waals surface area contributed by atoms with Crippen molar-refractivity contribution in [2.45, 2.75) is 20.3 Å². The van der Waals surface area contributed by atoms with Crippen molar-refractivity contribution in [3.05, 3.63) is 218 Å². The molecule has 9 aromatic carbocycles. The van der Waals surface area contributed by atoms with Crippen LogP contribution in [0.15, 0.2) is 223 Å². The minimum atomic E-state index is 0.866. The minimum absolute atomic E-state index is 0.866. The van der Waals surface area contributed by atoms with Gasteiger partial charge in [-0.3, -0.25) is 0 Å². The Morgan fingerprint density at radius 3 is 1.58 bits per heavy atom. The molecule has 11 rings (SSSR count). The van der Waals surface area contributed by atoms with Crippen molar-refractivity contribution in [3.8, 4) is 39.1 Å². The van der Waals surface area contributed by atoms with Crippen LogP contribution in [0.2, 0.25) is 0 Å². The normalized spacial score (nSPS) is 11.2. The Morgan fingerprint density at radius 2 is 0.933 bits per heavy atom. The second-order valence-electron chi connectivity index (χ2n) is 15.2. The van der Waals surface area contributed by atoms with Crippen LogP contribution >= 0.6 is 0 Å². The van der Waals surface area contributed by atoms with Crippen LogP contribution in [0.1, 0.15) is 20.3 Å². The molecule has 3 nitrogen and oxygen atoms in total. The lowest BCUT2D eigenvalue weighted by Gasteiger charge is -2.29. The van der Waals surface area contributed by atoms with Crippen LogP contribution in [-0.2, 0) is 0 Å². The monoisotopic (exact) mass is 772 g/mol. The van der Waals surface area contributed by atoms with E-state index in [4.69, 9.17) is 4.42 Å². The van der Waals surface area contributed by atoms with Crippen molar-refractivity contribution in [2.75, 3.05) is 4.90 Å². The SMILES string of the molecule is CCC.c1ccc(-c2ccc(N(c3ccccc3-c3ccccc3)c3cc4c5ccccc5oc4c4c3c3ccccc3n4-c3ccc(-c4ccccc4)cc3)cc2)cc1. The van der Waals surface area contributed by atoms with Crippen LogP contribution in [0, 0.1) is 0 Å². The summed E-state index contributed by atoms with van der Waals surface area (Å²) in [7, 11) is 0. The maximum Gasteiger partial charge on any atom is 0.160 e. The quantitative estimate of drug-likeness (QED) is 0.161. The summed E-state index contributed by atoms with van der Waals surface area (Å²) in [5.74, 6) is 0. The average Bonchev–Trinajstić information content (AvgIpc) is 3.87. The van der Waals surface area contributed by atoms with Crippen molar-refractivity contribution in [3.63, 3.8) is 0 Å². The van der Waals surface area contributed by atoms with Crippen LogP contribution in [-0.4, -0.2) is 4.57 Å². The Morgan fingerprint density at radius 1 is 0.433 bits per heavy atom. The van der Waals surface area contributed by atoms with E-state index in [2.05, 4.69) is 242 Å². The first-order valence-electron chi connectivity index (χ1n) is 20.8. The van der Waals surface area contributed by atoms with Crippen molar-refractivity contribution in [1.29, 1.82) is 0 Å². The Bertz CT molecular complexity index is 3220. The summed E-state index contributed by atoms with van der Waals surface area (Å²) in [5.41, 5.74) is 15.2. The summed E-state index contributed by atoms with van der Waals surface area (Å²) in [6.07, 6.45) is 1.25. The van der Waals surface area contributed by atoms with Gasteiger partial charge < -0.3 is 13.9 Å². The summed E-state index contributed by atoms with van der Waals surface area (Å²) < 4.78 is 9.31. The largest absolute Gasteiger partial charge is 0.454 e. The van der Waals surface area contributed by atoms with Gasteiger partial charge in [-0.15, -0.1) is 0 Å². The van der Waals surface area contributed by atoms with E-state index in [-0.39, 0.29) is 0 Å². The predicted molar refractivity (Wildman–Crippen MR) is 255 cm³/mol. The van der Waals surface area contributed by atoms with Gasteiger partial charge in [0.05, 0.1) is 22.4 Å². The number of furan rings is 1. The van der Waals surface area contributed by atoms with Gasteiger partial charge >= 0.3 is 0 Å². The highest BCUT2D eigenvalue weighted by Gasteiger charge is 2.27. The zero-order valence-corrected chi connectivity index (χ0v) is 33.8. The number of benzene rings is 9. The third kappa shape index (κ3) is 6.51. The number of rotatable bonds is 7. The molecule has 288 valence electrons. The number of hydrogen-bond acceptors (Lipinski definition) is 2. The molecule has 3 heteroatoms. The standard InChI is InChI=1S/C54H36N2O.C3H8/c1-4-16-37(17-5-1)39-28-32-42(33-29-39)55(48-25-13-10-22-44(48)41-20-8-3-9-21-41)50-36-47-45-23-12-15-27-51(45)57-54(47)53-52(50)46-24-11-14-26-49(46)56(53)43-34-30-40(31-35-43)38-18-6-2-7-19-38;1-3-2/h1-36H;3H2,1-2H3. The third-order valence-electron chi connectivity index (χ3n) is 11.2. The number of para-hydroxylation sites is 3. The lowest BCUT2D eigenvalue weighted by Crippen LogP contribution is -2.12. The van der Waals surface area contributed by atoms with Gasteiger partial charge in [-0.1, -0.05) is 190 Å². The van der Waals surface area contributed by atoms with Gasteiger partial charge in [-0.2, -0.15) is 0 Å². The first-order chi connectivity index (χ1) is 29.7. The summed E-state index contributed by atoms with van der Waals surface area (Å²) in [6, 6.07) is 78.1. The molecule has 0 saturated carbocycles. The van der Waals surface area contributed by atoms with Gasteiger partial charge in [0.25, 0.3) is 0 Å². The topological polar surface area (TPSA) is 21.3 Å². The minimum Gasteiger partial charge on any atom is -0.454 e. The van der Waals surface area contributed by atoms with Gasteiger partial charge in [-0.05, 0) is 76.3 Å². The number of nitrogens with zero attached hydrogens (tertiary/aromatic N) is 2. The molecule has 0 amide bonds. The second kappa shape index (κ2) is 16.0. The molecule has 2 heterocycles. The fraction of sp³-hybridized carbons (Fsp3) is 0.0526. The molecule has 0 spiro atoms. The van der Waals surface area contributed by atoms with Crippen molar-refractivity contribution in [2.24, 2.45) is 0 Å². The summed E-state index contributed by atoms with van der Waals surface area (Å²) >= 11 is 0. The van der Waals surface area contributed by atoms with E-state index in [0.717, 1.165) is 77.6 Å². The molecular formula is C57H44N2O. The zero-order valence-electron chi connectivity index (χ0n) is 33.8. The second-order valence-corrected chi connectivity index (χ2v) is 15.2. The number of hydrogen-bond donors (Lipinski definition) is 0. The third-order valence-corrected chi connectivity index (χ3v) is 11.2. The number of aromatic nitrogens is 1. The van der Waals surface area contributed by atoms with E-state index in [1.165, 1.54) is 28.7 Å². The molecule has 0 aliphatic rings. The highest BCUT2D eigenvalue weighted by molar-refractivity contribution is 6.27. The van der Waals surface area contributed by atoms with E-state index in [0.29, 0.717) is 0 Å². The molecule has 2 aromatic heterocycles. The molecule has 11 aromatic rings.